The van der Waals surface area contributed by atoms with Gasteiger partial charge in [-0.05, 0) is 39.1 Å². The van der Waals surface area contributed by atoms with Crippen molar-refractivity contribution >= 4 is 21.4 Å². The summed E-state index contributed by atoms with van der Waals surface area (Å²) >= 11 is 0. The molecule has 0 aliphatic carbocycles. The van der Waals surface area contributed by atoms with Crippen molar-refractivity contribution in [3.8, 4) is 5.75 Å². The van der Waals surface area contributed by atoms with Gasteiger partial charge in [-0.1, -0.05) is 0 Å². The molecule has 0 fully saturated rings. The fourth-order valence-corrected chi connectivity index (χ4v) is 1.89. The highest BCUT2D eigenvalue weighted by Crippen LogP contribution is 2.27. The van der Waals surface area contributed by atoms with E-state index in [0.717, 1.165) is 6.26 Å². The normalized spacial score (nSPS) is 12.2. The molecule has 1 aromatic carbocycles. The molecule has 6 nitrogen and oxygen atoms in total. The van der Waals surface area contributed by atoms with Crippen LogP contribution in [0.4, 0.5) is 5.69 Å². The Balaban J connectivity index is 3.12. The zero-order valence-corrected chi connectivity index (χ0v) is 12.1. The van der Waals surface area contributed by atoms with Crippen LogP contribution in [-0.2, 0) is 14.6 Å². The van der Waals surface area contributed by atoms with Crippen molar-refractivity contribution in [2.75, 3.05) is 18.6 Å². The second-order valence-corrected chi connectivity index (χ2v) is 6.80. The third-order valence-corrected chi connectivity index (χ3v) is 3.95. The van der Waals surface area contributed by atoms with Gasteiger partial charge in [0.1, 0.15) is 5.75 Å². The van der Waals surface area contributed by atoms with Crippen LogP contribution in [0.5, 0.6) is 5.75 Å². The Bertz CT molecular complexity index is 594. The third-order valence-electron chi connectivity index (χ3n) is 2.84. The number of hydrogen-bond donors (Lipinski definition) is 3. The first-order valence-corrected chi connectivity index (χ1v) is 7.50. The zero-order valence-electron chi connectivity index (χ0n) is 11.3. The van der Waals surface area contributed by atoms with Gasteiger partial charge in [-0.3, -0.25) is 4.79 Å². The fraction of sp³-hybridized carbons (Fsp3) is 0.417. The van der Waals surface area contributed by atoms with Crippen LogP contribution in [0.3, 0.4) is 0 Å². The van der Waals surface area contributed by atoms with Crippen molar-refractivity contribution in [3.05, 3.63) is 18.2 Å². The zero-order chi connectivity index (χ0) is 14.8. The molecule has 0 saturated heterocycles. The van der Waals surface area contributed by atoms with Gasteiger partial charge in [0.25, 0.3) is 0 Å². The molecular formula is C12H18N2O4S. The van der Waals surface area contributed by atoms with E-state index in [1.807, 2.05) is 0 Å². The minimum Gasteiger partial charge on any atom is -0.506 e. The average molecular weight is 286 g/mol. The number of carbonyl (C=O) groups is 1. The lowest BCUT2D eigenvalue weighted by molar-refractivity contribution is -0.121. The number of rotatable bonds is 4. The molecule has 3 N–H and O–H groups in total. The first-order chi connectivity index (χ1) is 8.58. The van der Waals surface area contributed by atoms with Gasteiger partial charge in [-0.25, -0.2) is 8.42 Å². The number of sulfone groups is 1. The topological polar surface area (TPSA) is 95.5 Å². The van der Waals surface area contributed by atoms with Crippen molar-refractivity contribution in [3.63, 3.8) is 0 Å². The largest absolute Gasteiger partial charge is 0.506 e. The number of likely N-dealkylation sites (N-methyl/N-ethyl adjacent to an activating group) is 1. The molecule has 0 heterocycles. The van der Waals surface area contributed by atoms with E-state index in [1.165, 1.54) is 18.2 Å². The molecule has 1 aromatic rings. The molecule has 0 saturated carbocycles. The van der Waals surface area contributed by atoms with E-state index < -0.39 is 15.4 Å². The van der Waals surface area contributed by atoms with Gasteiger partial charge in [-0.15, -0.1) is 0 Å². The lowest BCUT2D eigenvalue weighted by Crippen LogP contribution is -2.47. The molecule has 0 atom stereocenters. The van der Waals surface area contributed by atoms with Crippen molar-refractivity contribution in [2.45, 2.75) is 24.3 Å². The molecule has 0 spiro atoms. The number of phenols is 1. The maximum atomic E-state index is 11.9. The summed E-state index contributed by atoms with van der Waals surface area (Å²) in [5.41, 5.74) is -0.774. The minimum atomic E-state index is -3.40. The lowest BCUT2D eigenvalue weighted by atomic mass is 10.1. The van der Waals surface area contributed by atoms with Gasteiger partial charge in [0.2, 0.25) is 5.91 Å². The number of aromatic hydroxyl groups is 1. The summed E-state index contributed by atoms with van der Waals surface area (Å²) in [6.45, 7) is 3.33. The van der Waals surface area contributed by atoms with Crippen LogP contribution in [0, 0.1) is 0 Å². The van der Waals surface area contributed by atoms with Crippen LogP contribution in [0.1, 0.15) is 13.8 Å². The number of phenolic OH excluding ortho intramolecular Hbond substituents is 1. The smallest absolute Gasteiger partial charge is 0.244 e. The van der Waals surface area contributed by atoms with Gasteiger partial charge in [0.05, 0.1) is 16.1 Å². The summed E-state index contributed by atoms with van der Waals surface area (Å²) in [6, 6.07) is 3.75. The molecule has 0 aliphatic rings. The predicted octanol–water partition coefficient (Wildman–Crippen LogP) is 0.732. The standard InChI is InChI=1S/C12H18N2O4S/c1-12(2,13-3)11(16)14-9-7-8(19(4,17)18)5-6-10(9)15/h5-7,13,15H,1-4H3,(H,14,16). The van der Waals surface area contributed by atoms with Crippen LogP contribution in [0.2, 0.25) is 0 Å². The summed E-state index contributed by atoms with van der Waals surface area (Å²) in [6.07, 6.45) is 1.06. The van der Waals surface area contributed by atoms with E-state index in [9.17, 15) is 18.3 Å². The van der Waals surface area contributed by atoms with Crippen LogP contribution in [0.25, 0.3) is 0 Å². The first kappa shape index (κ1) is 15.5. The second kappa shape index (κ2) is 5.18. The molecule has 19 heavy (non-hydrogen) atoms. The van der Waals surface area contributed by atoms with E-state index >= 15 is 0 Å². The number of benzene rings is 1. The Hall–Kier alpha value is -1.60. The van der Waals surface area contributed by atoms with Crippen LogP contribution in [0.15, 0.2) is 23.1 Å². The second-order valence-electron chi connectivity index (χ2n) is 4.78. The first-order valence-electron chi connectivity index (χ1n) is 5.61. The van der Waals surface area contributed by atoms with E-state index in [1.54, 1.807) is 20.9 Å². The number of hydrogen-bond acceptors (Lipinski definition) is 5. The average Bonchev–Trinajstić information content (AvgIpc) is 2.30. The van der Waals surface area contributed by atoms with E-state index in [4.69, 9.17) is 0 Å². The van der Waals surface area contributed by atoms with Crippen LogP contribution in [-0.4, -0.2) is 38.3 Å². The number of nitrogens with one attached hydrogen (secondary N) is 2. The van der Waals surface area contributed by atoms with Crippen LogP contribution < -0.4 is 10.6 Å². The van der Waals surface area contributed by atoms with Gasteiger partial charge in [-0.2, -0.15) is 0 Å². The molecule has 0 aromatic heterocycles. The Labute approximate surface area is 112 Å². The summed E-state index contributed by atoms with van der Waals surface area (Å²) in [5.74, 6) is -0.566. The summed E-state index contributed by atoms with van der Waals surface area (Å²) < 4.78 is 22.9. The van der Waals surface area contributed by atoms with Crippen molar-refractivity contribution < 1.29 is 18.3 Å². The molecular weight excluding hydrogens is 268 g/mol. The molecule has 7 heteroatoms. The fourth-order valence-electron chi connectivity index (χ4n) is 1.24. The minimum absolute atomic E-state index is 0.0304. The van der Waals surface area contributed by atoms with Crippen molar-refractivity contribution in [2.24, 2.45) is 0 Å². The summed E-state index contributed by atoms with van der Waals surface area (Å²) in [4.78, 5) is 12.0. The Morgan fingerprint density at radius 1 is 1.32 bits per heavy atom. The highest BCUT2D eigenvalue weighted by molar-refractivity contribution is 7.90. The van der Waals surface area contributed by atoms with E-state index in [-0.39, 0.29) is 22.2 Å². The van der Waals surface area contributed by atoms with Gasteiger partial charge >= 0.3 is 0 Å². The predicted molar refractivity (Wildman–Crippen MR) is 73.0 cm³/mol. The lowest BCUT2D eigenvalue weighted by Gasteiger charge is -2.23. The van der Waals surface area contributed by atoms with Crippen molar-refractivity contribution in [1.29, 1.82) is 0 Å². The maximum absolute atomic E-state index is 11.9. The van der Waals surface area contributed by atoms with Gasteiger partial charge in [0, 0.05) is 6.26 Å². The quantitative estimate of drug-likeness (QED) is 0.709. The monoisotopic (exact) mass is 286 g/mol. The number of carbonyl (C=O) groups excluding carboxylic acids is 1. The molecule has 1 amide bonds. The van der Waals surface area contributed by atoms with Crippen molar-refractivity contribution in [1.82, 2.24) is 5.32 Å². The van der Waals surface area contributed by atoms with Crippen LogP contribution >= 0.6 is 0 Å². The molecule has 106 valence electrons. The molecule has 0 bridgehead atoms. The number of anilines is 1. The molecule has 1 rings (SSSR count). The number of amides is 1. The molecule has 0 unspecified atom stereocenters. The van der Waals surface area contributed by atoms with E-state index in [0.29, 0.717) is 0 Å². The summed E-state index contributed by atoms with van der Waals surface area (Å²) in [5, 5.41) is 15.0. The molecule has 0 radical (unpaired) electrons. The Morgan fingerprint density at radius 2 is 1.89 bits per heavy atom. The Morgan fingerprint density at radius 3 is 2.37 bits per heavy atom. The maximum Gasteiger partial charge on any atom is 0.244 e. The molecule has 0 aliphatic heterocycles. The SMILES string of the molecule is CNC(C)(C)C(=O)Nc1cc(S(C)(=O)=O)ccc1O. The highest BCUT2D eigenvalue weighted by atomic mass is 32.2. The van der Waals surface area contributed by atoms with E-state index in [2.05, 4.69) is 10.6 Å². The summed E-state index contributed by atoms with van der Waals surface area (Å²) in [7, 11) is -1.77. The van der Waals surface area contributed by atoms with Gasteiger partial charge in [0.15, 0.2) is 9.84 Å². The highest BCUT2D eigenvalue weighted by Gasteiger charge is 2.26. The Kier molecular flexibility index (Phi) is 4.21. The van der Waals surface area contributed by atoms with Gasteiger partial charge < -0.3 is 15.7 Å². The third kappa shape index (κ3) is 3.68.